The normalized spacial score (nSPS) is 13.1. The van der Waals surface area contributed by atoms with Gasteiger partial charge >= 0.3 is 0 Å². The average molecular weight is 567 g/mol. The molecule has 3 aromatic rings. The maximum absolute atomic E-state index is 13.1. The van der Waals surface area contributed by atoms with Crippen molar-refractivity contribution in [1.29, 1.82) is 0 Å². The van der Waals surface area contributed by atoms with E-state index in [9.17, 15) is 9.50 Å². The third-order valence-electron chi connectivity index (χ3n) is 6.26. The Morgan fingerprint density at radius 2 is 1.61 bits per heavy atom. The second kappa shape index (κ2) is 21.0. The molecule has 1 fully saturated rings. The Labute approximate surface area is 245 Å². The third kappa shape index (κ3) is 12.5. The van der Waals surface area contributed by atoms with Crippen LogP contribution >= 0.6 is 0 Å². The van der Waals surface area contributed by atoms with Crippen molar-refractivity contribution in [3.05, 3.63) is 89.2 Å². The van der Waals surface area contributed by atoms with Gasteiger partial charge in [-0.3, -0.25) is 0 Å². The van der Waals surface area contributed by atoms with Gasteiger partial charge in [0.2, 0.25) is 0 Å². The Bertz CT molecular complexity index is 1140. The number of carbonyl (C=O) groups excluding carboxylic acids is 1. The molecule has 1 heterocycles. The van der Waals surface area contributed by atoms with Gasteiger partial charge in [-0.15, -0.1) is 0 Å². The molecular weight excluding hydrogens is 519 g/mol. The van der Waals surface area contributed by atoms with E-state index in [1.165, 1.54) is 12.8 Å². The van der Waals surface area contributed by atoms with Crippen molar-refractivity contribution in [3.63, 3.8) is 0 Å². The Kier molecular flexibility index (Phi) is 18.0. The summed E-state index contributed by atoms with van der Waals surface area (Å²) in [6.45, 7) is 12.2. The number of hydrogen-bond acceptors (Lipinski definition) is 6. The number of allylic oxidation sites excluding steroid dienone is 1. The van der Waals surface area contributed by atoms with Crippen LogP contribution in [0, 0.1) is 12.7 Å². The molecule has 0 saturated carbocycles. The van der Waals surface area contributed by atoms with E-state index in [4.69, 9.17) is 14.3 Å². The van der Waals surface area contributed by atoms with Crippen LogP contribution < -0.4 is 20.1 Å². The first kappa shape index (κ1) is 35.2. The van der Waals surface area contributed by atoms with Crippen LogP contribution in [-0.2, 0) is 11.4 Å². The zero-order valence-electron chi connectivity index (χ0n) is 25.2. The van der Waals surface area contributed by atoms with Gasteiger partial charge in [-0.25, -0.2) is 4.39 Å². The van der Waals surface area contributed by atoms with E-state index in [0.717, 1.165) is 48.7 Å². The number of halogens is 1. The molecule has 3 N–H and O–H groups in total. The number of aromatic hydroxyl groups is 1. The molecular formula is C34H47FN2O4. The van der Waals surface area contributed by atoms with Gasteiger partial charge in [0.25, 0.3) is 0 Å². The number of carbonyl (C=O) groups is 1. The van der Waals surface area contributed by atoms with Crippen molar-refractivity contribution in [1.82, 2.24) is 5.32 Å². The Hall–Kier alpha value is -3.84. The lowest BCUT2D eigenvalue weighted by Crippen LogP contribution is -2.26. The van der Waals surface area contributed by atoms with Gasteiger partial charge in [-0.2, -0.15) is 0 Å². The highest BCUT2D eigenvalue weighted by Crippen LogP contribution is 2.25. The number of para-hydroxylation sites is 1. The largest absolute Gasteiger partial charge is 0.505 e. The molecule has 0 atom stereocenters. The van der Waals surface area contributed by atoms with Gasteiger partial charge < -0.3 is 30.0 Å². The molecule has 0 spiro atoms. The number of phenolic OH excluding ortho intramolecular Hbond substituents is 1. The first-order valence-corrected chi connectivity index (χ1v) is 14.3. The standard InChI is InChI=1S/C21H28N2O2.C10H11FO.C2H6.CH2O/c1-22-21-9-3-2-6-17(21)16-24-18-10-12-20(13-11-18)25-19-7-4-14-23-15-5-8-19;1-3-4-8-6-5-7(2)10(12)9(8)11;2*1-2/h2-3,6,9-13,19,22-23H,4-5,7-8,14-16H2,1H3;3-6,12H,1-2H3;1-2H3;1H2/b;4-3+;;. The first-order valence-electron chi connectivity index (χ1n) is 14.3. The summed E-state index contributed by atoms with van der Waals surface area (Å²) in [7, 11) is 1.93. The molecule has 7 heteroatoms. The monoisotopic (exact) mass is 566 g/mol. The number of benzene rings is 3. The summed E-state index contributed by atoms with van der Waals surface area (Å²) in [6, 6.07) is 19.5. The maximum atomic E-state index is 13.1. The molecule has 41 heavy (non-hydrogen) atoms. The Morgan fingerprint density at radius 3 is 2.22 bits per heavy atom. The average Bonchev–Trinajstić information content (AvgIpc) is 3.01. The second-order valence-corrected chi connectivity index (χ2v) is 9.08. The SMILES string of the molecule is C/C=C/c1ccc(C)c(O)c1F.C=O.CC.CNc1ccccc1COc1ccc(OC2CCCNCCC2)cc1. The summed E-state index contributed by atoms with van der Waals surface area (Å²) in [6.07, 6.45) is 8.27. The van der Waals surface area contributed by atoms with Crippen molar-refractivity contribution in [3.8, 4) is 17.2 Å². The summed E-state index contributed by atoms with van der Waals surface area (Å²) in [5.74, 6) is 0.986. The molecule has 1 saturated heterocycles. The second-order valence-electron chi connectivity index (χ2n) is 9.08. The smallest absolute Gasteiger partial charge is 0.172 e. The van der Waals surface area contributed by atoms with Crippen LogP contribution in [0.25, 0.3) is 6.08 Å². The summed E-state index contributed by atoms with van der Waals surface area (Å²) < 4.78 is 25.2. The molecule has 3 aromatic carbocycles. The molecule has 1 aliphatic rings. The van der Waals surface area contributed by atoms with Crippen LogP contribution in [0.2, 0.25) is 0 Å². The van der Waals surface area contributed by atoms with Gasteiger partial charge in [0.05, 0.1) is 6.10 Å². The summed E-state index contributed by atoms with van der Waals surface area (Å²) in [4.78, 5) is 8.00. The molecule has 0 amide bonds. The number of hydrogen-bond donors (Lipinski definition) is 3. The summed E-state index contributed by atoms with van der Waals surface area (Å²) in [5.41, 5.74) is 3.22. The van der Waals surface area contributed by atoms with Crippen molar-refractivity contribution in [2.24, 2.45) is 0 Å². The molecule has 0 bridgehead atoms. The molecule has 0 aliphatic carbocycles. The molecule has 1 aliphatic heterocycles. The predicted molar refractivity (Wildman–Crippen MR) is 168 cm³/mol. The summed E-state index contributed by atoms with van der Waals surface area (Å²) >= 11 is 0. The van der Waals surface area contributed by atoms with E-state index >= 15 is 0 Å². The van der Waals surface area contributed by atoms with Crippen LogP contribution in [0.1, 0.15) is 63.1 Å². The van der Waals surface area contributed by atoms with Crippen LogP contribution in [-0.4, -0.2) is 38.1 Å². The molecule has 0 unspecified atom stereocenters. The number of phenols is 1. The molecule has 6 nitrogen and oxygen atoms in total. The third-order valence-corrected chi connectivity index (χ3v) is 6.26. The quantitative estimate of drug-likeness (QED) is 0.269. The minimum atomic E-state index is -0.548. The lowest BCUT2D eigenvalue weighted by molar-refractivity contribution is -0.0980. The van der Waals surface area contributed by atoms with Crippen molar-refractivity contribution < 1.29 is 23.8 Å². The molecule has 4 rings (SSSR count). The zero-order chi connectivity index (χ0) is 30.5. The number of anilines is 1. The van der Waals surface area contributed by atoms with Crippen LogP contribution in [0.15, 0.2) is 66.7 Å². The topological polar surface area (TPSA) is 79.8 Å². The fourth-order valence-electron chi connectivity index (χ4n) is 4.14. The lowest BCUT2D eigenvalue weighted by atomic mass is 10.1. The van der Waals surface area contributed by atoms with Gasteiger partial charge in [0.1, 0.15) is 24.9 Å². The highest BCUT2D eigenvalue weighted by molar-refractivity contribution is 5.54. The van der Waals surface area contributed by atoms with Gasteiger partial charge in [0, 0.05) is 23.9 Å². The molecule has 0 aromatic heterocycles. The fraction of sp³-hybridized carbons (Fsp3) is 0.382. The maximum Gasteiger partial charge on any atom is 0.172 e. The van der Waals surface area contributed by atoms with Crippen LogP contribution in [0.4, 0.5) is 10.1 Å². The number of ether oxygens (including phenoxy) is 2. The molecule has 0 radical (unpaired) electrons. The fourth-order valence-corrected chi connectivity index (χ4v) is 4.14. The highest BCUT2D eigenvalue weighted by Gasteiger charge is 2.13. The number of rotatable bonds is 7. The van der Waals surface area contributed by atoms with E-state index < -0.39 is 5.82 Å². The molecule has 224 valence electrons. The summed E-state index contributed by atoms with van der Waals surface area (Å²) in [5, 5.41) is 15.8. The van der Waals surface area contributed by atoms with Crippen molar-refractivity contribution in [2.45, 2.75) is 66.1 Å². The lowest BCUT2D eigenvalue weighted by Gasteiger charge is -2.22. The zero-order valence-corrected chi connectivity index (χ0v) is 25.2. The minimum Gasteiger partial charge on any atom is -0.505 e. The van der Waals surface area contributed by atoms with Crippen molar-refractivity contribution in [2.75, 3.05) is 25.5 Å². The van der Waals surface area contributed by atoms with E-state index in [0.29, 0.717) is 23.8 Å². The highest BCUT2D eigenvalue weighted by atomic mass is 19.1. The van der Waals surface area contributed by atoms with E-state index in [2.05, 4.69) is 22.8 Å². The Morgan fingerprint density at radius 1 is 1.00 bits per heavy atom. The van der Waals surface area contributed by atoms with E-state index in [-0.39, 0.29) is 5.75 Å². The van der Waals surface area contributed by atoms with Gasteiger partial charge in [-0.05, 0) is 88.5 Å². The van der Waals surface area contributed by atoms with Crippen LogP contribution in [0.5, 0.6) is 17.2 Å². The van der Waals surface area contributed by atoms with E-state index in [1.807, 2.05) is 64.1 Å². The number of aryl methyl sites for hydroxylation is 1. The predicted octanol–water partition coefficient (Wildman–Crippen LogP) is 7.93. The van der Waals surface area contributed by atoms with Gasteiger partial charge in [0.15, 0.2) is 11.6 Å². The van der Waals surface area contributed by atoms with Gasteiger partial charge in [-0.1, -0.05) is 56.3 Å². The van der Waals surface area contributed by atoms with Crippen LogP contribution in [0.3, 0.4) is 0 Å². The van der Waals surface area contributed by atoms with Crippen molar-refractivity contribution >= 4 is 18.6 Å². The minimum absolute atomic E-state index is 0.259. The van der Waals surface area contributed by atoms with E-state index in [1.54, 1.807) is 38.1 Å². The number of nitrogens with one attached hydrogen (secondary N) is 2. The first-order chi connectivity index (χ1) is 20.0. The Balaban J connectivity index is 0.000000441.